The molecular formula is C30H59N3O2. The first-order valence-electron chi connectivity index (χ1n) is 15.5. The van der Waals surface area contributed by atoms with Crippen molar-refractivity contribution in [2.24, 2.45) is 0 Å². The Bertz CT molecular complexity index is 468. The maximum Gasteiger partial charge on any atom is 0.318 e. The Balaban J connectivity index is 2.01. The summed E-state index contributed by atoms with van der Waals surface area (Å²) in [5.74, 6) is 0.0347. The van der Waals surface area contributed by atoms with E-state index < -0.39 is 0 Å². The van der Waals surface area contributed by atoms with Gasteiger partial charge in [-0.3, -0.25) is 4.79 Å². The minimum absolute atomic E-state index is 0.0347. The number of urea groups is 1. The van der Waals surface area contributed by atoms with E-state index in [4.69, 9.17) is 0 Å². The van der Waals surface area contributed by atoms with Crippen LogP contribution in [0.5, 0.6) is 0 Å². The second-order valence-electron chi connectivity index (χ2n) is 10.7. The lowest BCUT2D eigenvalue weighted by molar-refractivity contribution is -0.124. The normalized spacial score (nSPS) is 15.5. The minimum Gasteiger partial charge on any atom is -0.354 e. The van der Waals surface area contributed by atoms with Gasteiger partial charge in [-0.25, -0.2) is 4.79 Å². The van der Waals surface area contributed by atoms with Crippen molar-refractivity contribution < 1.29 is 9.59 Å². The maximum absolute atomic E-state index is 12.6. The predicted octanol–water partition coefficient (Wildman–Crippen LogP) is 8.12. The molecule has 0 radical (unpaired) electrons. The molecule has 0 aromatic carbocycles. The van der Waals surface area contributed by atoms with Crippen molar-refractivity contribution in [2.45, 2.75) is 161 Å². The molecule has 1 aliphatic heterocycles. The van der Waals surface area contributed by atoms with Crippen LogP contribution in [0.1, 0.15) is 155 Å². The van der Waals surface area contributed by atoms with E-state index in [9.17, 15) is 9.59 Å². The van der Waals surface area contributed by atoms with E-state index >= 15 is 0 Å². The molecule has 1 heterocycles. The van der Waals surface area contributed by atoms with E-state index in [1.165, 1.54) is 116 Å². The maximum atomic E-state index is 12.6. The molecule has 5 heteroatoms. The Labute approximate surface area is 217 Å². The molecule has 1 fully saturated rings. The lowest BCUT2D eigenvalue weighted by Crippen LogP contribution is -2.49. The van der Waals surface area contributed by atoms with Gasteiger partial charge in [-0.2, -0.15) is 0 Å². The smallest absolute Gasteiger partial charge is 0.318 e. The van der Waals surface area contributed by atoms with Crippen LogP contribution in [0.15, 0.2) is 0 Å². The Morgan fingerprint density at radius 1 is 0.600 bits per heavy atom. The number of hydrogen-bond acceptors (Lipinski definition) is 2. The van der Waals surface area contributed by atoms with Gasteiger partial charge in [0.1, 0.15) is 6.04 Å². The highest BCUT2D eigenvalue weighted by Gasteiger charge is 2.33. The third kappa shape index (κ3) is 16.9. The summed E-state index contributed by atoms with van der Waals surface area (Å²) in [6, 6.07) is -0.344. The summed E-state index contributed by atoms with van der Waals surface area (Å²) in [5, 5.41) is 6.14. The van der Waals surface area contributed by atoms with E-state index in [0.717, 1.165) is 38.8 Å². The Kier molecular flexibility index (Phi) is 21.0. The fourth-order valence-electron chi connectivity index (χ4n) is 5.13. The summed E-state index contributed by atoms with van der Waals surface area (Å²) in [4.78, 5) is 27.0. The third-order valence-corrected chi connectivity index (χ3v) is 7.45. The lowest BCUT2D eigenvalue weighted by Gasteiger charge is -2.24. The molecule has 0 aromatic rings. The molecule has 35 heavy (non-hydrogen) atoms. The quantitative estimate of drug-likeness (QED) is 0.141. The van der Waals surface area contributed by atoms with E-state index in [2.05, 4.69) is 24.5 Å². The van der Waals surface area contributed by atoms with Crippen molar-refractivity contribution >= 4 is 11.9 Å². The molecule has 1 rings (SSSR count). The van der Waals surface area contributed by atoms with Gasteiger partial charge in [0.25, 0.3) is 0 Å². The first-order chi connectivity index (χ1) is 17.2. The van der Waals surface area contributed by atoms with Crippen molar-refractivity contribution in [2.75, 3.05) is 19.6 Å². The zero-order valence-corrected chi connectivity index (χ0v) is 23.5. The SMILES string of the molecule is CCCCCCCCCCCCNC(=O)C1CCCN1C(=O)NCCCCCCCCCCCC. The van der Waals surface area contributed by atoms with Gasteiger partial charge in [-0.15, -0.1) is 0 Å². The lowest BCUT2D eigenvalue weighted by atomic mass is 10.1. The number of nitrogens with one attached hydrogen (secondary N) is 2. The van der Waals surface area contributed by atoms with Crippen LogP contribution in [-0.4, -0.2) is 42.5 Å². The number of carbonyl (C=O) groups is 2. The minimum atomic E-state index is -0.286. The first kappa shape index (κ1) is 31.8. The van der Waals surface area contributed by atoms with Crippen molar-refractivity contribution in [3.63, 3.8) is 0 Å². The van der Waals surface area contributed by atoms with Crippen LogP contribution in [-0.2, 0) is 4.79 Å². The van der Waals surface area contributed by atoms with E-state index in [-0.39, 0.29) is 18.0 Å². The van der Waals surface area contributed by atoms with Gasteiger partial charge >= 0.3 is 6.03 Å². The Morgan fingerprint density at radius 3 is 1.46 bits per heavy atom. The summed E-state index contributed by atoms with van der Waals surface area (Å²) >= 11 is 0. The Hall–Kier alpha value is -1.26. The number of hydrogen-bond donors (Lipinski definition) is 2. The number of rotatable bonds is 23. The monoisotopic (exact) mass is 493 g/mol. The molecule has 1 aliphatic rings. The third-order valence-electron chi connectivity index (χ3n) is 7.45. The van der Waals surface area contributed by atoms with Crippen molar-refractivity contribution in [3.05, 3.63) is 0 Å². The summed E-state index contributed by atoms with van der Waals surface area (Å²) in [6.07, 6.45) is 27.6. The average Bonchev–Trinajstić information content (AvgIpc) is 3.36. The highest BCUT2D eigenvalue weighted by Crippen LogP contribution is 2.18. The second-order valence-corrected chi connectivity index (χ2v) is 10.7. The molecular weight excluding hydrogens is 434 g/mol. The number of carbonyl (C=O) groups excluding carboxylic acids is 2. The molecule has 2 N–H and O–H groups in total. The molecule has 3 amide bonds. The van der Waals surface area contributed by atoms with Crippen LogP contribution in [0.2, 0.25) is 0 Å². The molecule has 0 aliphatic carbocycles. The van der Waals surface area contributed by atoms with E-state index in [0.29, 0.717) is 6.54 Å². The highest BCUT2D eigenvalue weighted by atomic mass is 16.2. The Morgan fingerprint density at radius 2 is 1.00 bits per heavy atom. The number of nitrogens with zero attached hydrogens (tertiary/aromatic N) is 1. The van der Waals surface area contributed by atoms with Gasteiger partial charge < -0.3 is 15.5 Å². The summed E-state index contributed by atoms with van der Waals surface area (Å²) in [6.45, 7) is 6.67. The molecule has 0 aromatic heterocycles. The topological polar surface area (TPSA) is 61.4 Å². The van der Waals surface area contributed by atoms with Crippen molar-refractivity contribution in [1.29, 1.82) is 0 Å². The van der Waals surface area contributed by atoms with Gasteiger partial charge in [-0.05, 0) is 25.7 Å². The summed E-state index contributed by atoms with van der Waals surface area (Å²) < 4.78 is 0. The fraction of sp³-hybridized carbons (Fsp3) is 0.933. The molecule has 0 saturated carbocycles. The molecule has 1 saturated heterocycles. The largest absolute Gasteiger partial charge is 0.354 e. The van der Waals surface area contributed by atoms with Crippen LogP contribution in [0, 0.1) is 0 Å². The molecule has 0 bridgehead atoms. The van der Waals surface area contributed by atoms with Crippen molar-refractivity contribution in [1.82, 2.24) is 15.5 Å². The van der Waals surface area contributed by atoms with Crippen LogP contribution >= 0.6 is 0 Å². The van der Waals surface area contributed by atoms with Crippen LogP contribution < -0.4 is 10.6 Å². The van der Waals surface area contributed by atoms with Crippen LogP contribution in [0.4, 0.5) is 4.79 Å². The average molecular weight is 494 g/mol. The highest BCUT2D eigenvalue weighted by molar-refractivity contribution is 5.87. The van der Waals surface area contributed by atoms with E-state index in [1.54, 1.807) is 4.90 Å². The summed E-state index contributed by atoms with van der Waals surface area (Å²) in [7, 11) is 0. The number of amides is 3. The van der Waals surface area contributed by atoms with E-state index in [1.807, 2.05) is 0 Å². The standard InChI is InChI=1S/C30H59N3O2/c1-3-5-7-9-11-13-15-17-19-21-25-31-29(34)28-24-23-27-33(28)30(35)32-26-22-20-18-16-14-12-10-8-6-4-2/h28H,3-27H2,1-2H3,(H,31,34)(H,32,35). The molecule has 206 valence electrons. The fourth-order valence-corrected chi connectivity index (χ4v) is 5.13. The predicted molar refractivity (Wildman–Crippen MR) is 150 cm³/mol. The molecule has 5 nitrogen and oxygen atoms in total. The van der Waals surface area contributed by atoms with Gasteiger partial charge in [0, 0.05) is 19.6 Å². The number of likely N-dealkylation sites (tertiary alicyclic amines) is 1. The molecule has 1 unspecified atom stereocenters. The van der Waals surface area contributed by atoms with Gasteiger partial charge in [0.05, 0.1) is 0 Å². The molecule has 0 spiro atoms. The van der Waals surface area contributed by atoms with Crippen molar-refractivity contribution in [3.8, 4) is 0 Å². The number of unbranched alkanes of at least 4 members (excludes halogenated alkanes) is 18. The van der Waals surface area contributed by atoms with Gasteiger partial charge in [-0.1, -0.05) is 129 Å². The zero-order valence-electron chi connectivity index (χ0n) is 23.5. The second kappa shape index (κ2) is 23.2. The van der Waals surface area contributed by atoms with Crippen LogP contribution in [0.25, 0.3) is 0 Å². The molecule has 1 atom stereocenters. The zero-order chi connectivity index (χ0) is 25.4. The van der Waals surface area contributed by atoms with Crippen LogP contribution in [0.3, 0.4) is 0 Å². The summed E-state index contributed by atoms with van der Waals surface area (Å²) in [5.41, 5.74) is 0. The first-order valence-corrected chi connectivity index (χ1v) is 15.5. The van der Waals surface area contributed by atoms with Gasteiger partial charge in [0.2, 0.25) is 5.91 Å². The van der Waals surface area contributed by atoms with Gasteiger partial charge in [0.15, 0.2) is 0 Å².